The van der Waals surface area contributed by atoms with E-state index >= 15 is 0 Å². The molecule has 0 aliphatic heterocycles. The molecule has 2 rings (SSSR count). The number of carbonyl (C=O) groups excluding carboxylic acids is 1. The first-order valence-electron chi connectivity index (χ1n) is 7.24. The molecular weight excluding hydrogens is 294 g/mol. The first kappa shape index (κ1) is 16.5. The van der Waals surface area contributed by atoms with Crippen LogP contribution in [0.25, 0.3) is 0 Å². The van der Waals surface area contributed by atoms with Gasteiger partial charge in [-0.2, -0.15) is 0 Å². The van der Waals surface area contributed by atoms with Gasteiger partial charge in [-0.15, -0.1) is 0 Å². The van der Waals surface area contributed by atoms with E-state index < -0.39 is 0 Å². The Morgan fingerprint density at radius 2 is 2.04 bits per heavy atom. The van der Waals surface area contributed by atoms with Crippen molar-refractivity contribution in [1.82, 2.24) is 10.3 Å². The number of hydrogen-bond acceptors (Lipinski definition) is 5. The Bertz CT molecular complexity index is 655. The first-order chi connectivity index (χ1) is 11.2. The molecule has 0 unspecified atom stereocenters. The summed E-state index contributed by atoms with van der Waals surface area (Å²) in [5.41, 5.74) is 1.43. The van der Waals surface area contributed by atoms with Crippen molar-refractivity contribution < 1.29 is 14.3 Å². The topological polar surface area (TPSA) is 72.8 Å². The summed E-state index contributed by atoms with van der Waals surface area (Å²) in [5.74, 6) is 0.405. The summed E-state index contributed by atoms with van der Waals surface area (Å²) in [6.07, 6.45) is 3.42. The number of rotatable bonds is 5. The van der Waals surface area contributed by atoms with Crippen LogP contribution in [-0.4, -0.2) is 30.6 Å². The van der Waals surface area contributed by atoms with Crippen molar-refractivity contribution in [3.63, 3.8) is 0 Å². The normalized spacial score (nSPS) is 11.0. The van der Waals surface area contributed by atoms with Crippen LogP contribution in [0.3, 0.4) is 0 Å². The van der Waals surface area contributed by atoms with Gasteiger partial charge in [0.2, 0.25) is 0 Å². The predicted octanol–water partition coefficient (Wildman–Crippen LogP) is 2.41. The molecule has 1 amide bonds. The van der Waals surface area contributed by atoms with Crippen LogP contribution in [0.1, 0.15) is 22.8 Å². The van der Waals surface area contributed by atoms with Crippen molar-refractivity contribution >= 4 is 11.9 Å². The number of nitrogens with zero attached hydrogens (tertiary/aromatic N) is 2. The third-order valence-corrected chi connectivity index (χ3v) is 2.98. The van der Waals surface area contributed by atoms with Gasteiger partial charge in [-0.25, -0.2) is 4.99 Å². The molecule has 0 saturated heterocycles. The standard InChI is InChI=1S/C17H19N3O3/c1-3-23-17(19-12-13-5-4-10-18-11-13)20-16(21)14-6-8-15(22-2)9-7-14/h4-11H,3,12H2,1-2H3,(H,19,20,21). The van der Waals surface area contributed by atoms with E-state index in [4.69, 9.17) is 9.47 Å². The third-order valence-electron chi connectivity index (χ3n) is 2.98. The largest absolute Gasteiger partial charge is 0.497 e. The molecule has 120 valence electrons. The number of benzene rings is 1. The maximum absolute atomic E-state index is 12.2. The number of aromatic nitrogens is 1. The molecule has 6 heteroatoms. The minimum absolute atomic E-state index is 0.192. The van der Waals surface area contributed by atoms with Gasteiger partial charge in [0.05, 0.1) is 20.3 Å². The number of carbonyl (C=O) groups is 1. The highest BCUT2D eigenvalue weighted by molar-refractivity contribution is 6.04. The predicted molar refractivity (Wildman–Crippen MR) is 87.5 cm³/mol. The second-order valence-corrected chi connectivity index (χ2v) is 4.60. The third kappa shape index (κ3) is 5.10. The average Bonchev–Trinajstić information content (AvgIpc) is 2.61. The Hall–Kier alpha value is -2.89. The molecule has 2 aromatic rings. The second kappa shape index (κ2) is 8.53. The number of hydrogen-bond donors (Lipinski definition) is 1. The van der Waals surface area contributed by atoms with Crippen LogP contribution >= 0.6 is 0 Å². The molecular formula is C17H19N3O3. The van der Waals surface area contributed by atoms with E-state index in [2.05, 4.69) is 15.3 Å². The fraction of sp³-hybridized carbons (Fsp3) is 0.235. The van der Waals surface area contributed by atoms with Crippen molar-refractivity contribution in [2.75, 3.05) is 13.7 Å². The minimum atomic E-state index is -0.286. The van der Waals surface area contributed by atoms with Gasteiger partial charge >= 0.3 is 0 Å². The van der Waals surface area contributed by atoms with Gasteiger partial charge < -0.3 is 9.47 Å². The number of pyridine rings is 1. The smallest absolute Gasteiger partial charge is 0.292 e. The van der Waals surface area contributed by atoms with Crippen molar-refractivity contribution in [2.45, 2.75) is 13.5 Å². The summed E-state index contributed by atoms with van der Waals surface area (Å²) in [6.45, 7) is 2.62. The fourth-order valence-electron chi connectivity index (χ4n) is 1.82. The van der Waals surface area contributed by atoms with E-state index in [0.717, 1.165) is 5.56 Å². The quantitative estimate of drug-likeness (QED) is 0.679. The number of amidine groups is 1. The molecule has 6 nitrogen and oxygen atoms in total. The maximum Gasteiger partial charge on any atom is 0.292 e. The van der Waals surface area contributed by atoms with E-state index in [-0.39, 0.29) is 11.9 Å². The van der Waals surface area contributed by atoms with Gasteiger partial charge in [0.15, 0.2) is 0 Å². The number of nitrogens with one attached hydrogen (secondary N) is 1. The van der Waals surface area contributed by atoms with Gasteiger partial charge in [0.1, 0.15) is 5.75 Å². The summed E-state index contributed by atoms with van der Waals surface area (Å²) in [4.78, 5) is 20.5. The highest BCUT2D eigenvalue weighted by Gasteiger charge is 2.10. The van der Waals surface area contributed by atoms with Crippen molar-refractivity contribution in [1.29, 1.82) is 0 Å². The monoisotopic (exact) mass is 313 g/mol. The van der Waals surface area contributed by atoms with Gasteiger partial charge in [-0.05, 0) is 42.8 Å². The average molecular weight is 313 g/mol. The lowest BCUT2D eigenvalue weighted by Gasteiger charge is -2.09. The molecule has 0 bridgehead atoms. The lowest BCUT2D eigenvalue weighted by Crippen LogP contribution is -2.32. The van der Waals surface area contributed by atoms with E-state index in [1.807, 2.05) is 19.1 Å². The molecule has 1 aromatic carbocycles. The van der Waals surface area contributed by atoms with Crippen LogP contribution in [0.2, 0.25) is 0 Å². The van der Waals surface area contributed by atoms with Crippen molar-refractivity contribution in [2.24, 2.45) is 4.99 Å². The zero-order valence-corrected chi connectivity index (χ0v) is 13.2. The molecule has 1 heterocycles. The number of aliphatic imine (C=N–C) groups is 1. The lowest BCUT2D eigenvalue weighted by molar-refractivity contribution is 0.0966. The summed E-state index contributed by atoms with van der Waals surface area (Å²) in [7, 11) is 1.58. The fourth-order valence-corrected chi connectivity index (χ4v) is 1.82. The molecule has 23 heavy (non-hydrogen) atoms. The number of methoxy groups -OCH3 is 1. The van der Waals surface area contributed by atoms with Crippen LogP contribution in [0, 0.1) is 0 Å². The van der Waals surface area contributed by atoms with Gasteiger partial charge in [-0.1, -0.05) is 6.07 Å². The van der Waals surface area contributed by atoms with Crippen LogP contribution in [0.4, 0.5) is 0 Å². The van der Waals surface area contributed by atoms with Gasteiger partial charge in [-0.3, -0.25) is 15.1 Å². The van der Waals surface area contributed by atoms with Gasteiger partial charge in [0, 0.05) is 18.0 Å². The maximum atomic E-state index is 12.2. The number of amides is 1. The second-order valence-electron chi connectivity index (χ2n) is 4.60. The molecule has 1 aromatic heterocycles. The van der Waals surface area contributed by atoms with Crippen LogP contribution in [0.5, 0.6) is 5.75 Å². The zero-order chi connectivity index (χ0) is 16.5. The Morgan fingerprint density at radius 1 is 1.26 bits per heavy atom. The highest BCUT2D eigenvalue weighted by Crippen LogP contribution is 2.11. The summed E-state index contributed by atoms with van der Waals surface area (Å²) >= 11 is 0. The summed E-state index contributed by atoms with van der Waals surface area (Å²) < 4.78 is 10.4. The van der Waals surface area contributed by atoms with Crippen molar-refractivity contribution in [3.8, 4) is 5.75 Å². The molecule has 1 N–H and O–H groups in total. The summed E-state index contributed by atoms with van der Waals surface area (Å²) in [6, 6.07) is 10.7. The Kier molecular flexibility index (Phi) is 6.11. The Morgan fingerprint density at radius 3 is 2.65 bits per heavy atom. The van der Waals surface area contributed by atoms with Crippen LogP contribution in [0.15, 0.2) is 53.8 Å². The highest BCUT2D eigenvalue weighted by atomic mass is 16.5. The van der Waals surface area contributed by atoms with E-state index in [0.29, 0.717) is 24.5 Å². The molecule has 0 saturated carbocycles. The van der Waals surface area contributed by atoms with E-state index in [1.54, 1.807) is 43.8 Å². The Balaban J connectivity index is 2.03. The van der Waals surface area contributed by atoms with Crippen molar-refractivity contribution in [3.05, 3.63) is 59.9 Å². The molecule has 0 aliphatic carbocycles. The molecule has 0 spiro atoms. The number of ether oxygens (including phenoxy) is 2. The molecule has 0 fully saturated rings. The van der Waals surface area contributed by atoms with E-state index in [1.165, 1.54) is 0 Å². The SMILES string of the molecule is CCOC(=NCc1cccnc1)NC(=O)c1ccc(OC)cc1. The molecule has 0 atom stereocenters. The zero-order valence-electron chi connectivity index (χ0n) is 13.2. The lowest BCUT2D eigenvalue weighted by atomic mass is 10.2. The van der Waals surface area contributed by atoms with Crippen LogP contribution in [-0.2, 0) is 11.3 Å². The van der Waals surface area contributed by atoms with E-state index in [9.17, 15) is 4.79 Å². The van der Waals surface area contributed by atoms with Gasteiger partial charge in [0.25, 0.3) is 11.9 Å². The first-order valence-corrected chi connectivity index (χ1v) is 7.24. The summed E-state index contributed by atoms with van der Waals surface area (Å²) in [5, 5.41) is 2.67. The van der Waals surface area contributed by atoms with Crippen LogP contribution < -0.4 is 10.1 Å². The molecule has 0 aliphatic rings. The minimum Gasteiger partial charge on any atom is -0.497 e. The Labute approximate surface area is 135 Å². The molecule has 0 radical (unpaired) electrons.